The third-order valence-electron chi connectivity index (χ3n) is 3.97. The zero-order valence-electron chi connectivity index (χ0n) is 13.3. The molecule has 4 heteroatoms. The molecule has 0 fully saturated rings. The van der Waals surface area contributed by atoms with E-state index in [2.05, 4.69) is 49.0 Å². The first-order chi connectivity index (χ1) is 10.5. The van der Waals surface area contributed by atoms with Crippen LogP contribution >= 0.6 is 11.3 Å². The van der Waals surface area contributed by atoms with Crippen molar-refractivity contribution in [3.05, 3.63) is 52.5 Å². The Labute approximate surface area is 134 Å². The highest BCUT2D eigenvalue weighted by Crippen LogP contribution is 2.29. The van der Waals surface area contributed by atoms with Gasteiger partial charge in [-0.15, -0.1) is 11.3 Å². The van der Waals surface area contributed by atoms with Crippen molar-refractivity contribution < 1.29 is 4.79 Å². The molecule has 0 bridgehead atoms. The molecule has 1 amide bonds. The number of amides is 1. The summed E-state index contributed by atoms with van der Waals surface area (Å²) < 4.78 is 3.25. The van der Waals surface area contributed by atoms with Crippen LogP contribution in [-0.2, 0) is 0 Å². The predicted octanol–water partition coefficient (Wildman–Crippen LogP) is 5.15. The number of hydrogen-bond acceptors (Lipinski definition) is 2. The third-order valence-corrected chi connectivity index (χ3v) is 4.83. The minimum atomic E-state index is -0.0552. The summed E-state index contributed by atoms with van der Waals surface area (Å²) >= 11 is 1.67. The van der Waals surface area contributed by atoms with E-state index in [-0.39, 0.29) is 11.9 Å². The third kappa shape index (κ3) is 2.55. The second-order valence-corrected chi connectivity index (χ2v) is 6.86. The van der Waals surface area contributed by atoms with Crippen LogP contribution in [0.2, 0.25) is 0 Å². The van der Waals surface area contributed by atoms with Gasteiger partial charge in [-0.3, -0.25) is 4.79 Å². The highest BCUT2D eigenvalue weighted by Gasteiger charge is 2.18. The topological polar surface area (TPSA) is 34.0 Å². The normalized spacial score (nSPS) is 11.3. The molecule has 114 valence electrons. The Bertz CT molecular complexity index is 842. The van der Waals surface area contributed by atoms with E-state index in [1.54, 1.807) is 11.3 Å². The molecule has 3 rings (SSSR count). The average Bonchev–Trinajstić information content (AvgIpc) is 3.02. The molecule has 22 heavy (non-hydrogen) atoms. The number of anilines is 1. The molecule has 2 heterocycles. The van der Waals surface area contributed by atoms with Crippen molar-refractivity contribution in [1.82, 2.24) is 4.57 Å². The van der Waals surface area contributed by atoms with Gasteiger partial charge in [-0.2, -0.15) is 0 Å². The zero-order chi connectivity index (χ0) is 15.9. The van der Waals surface area contributed by atoms with Gasteiger partial charge in [0.1, 0.15) is 5.69 Å². The number of hydrogen-bond donors (Lipinski definition) is 1. The molecule has 0 unspecified atom stereocenters. The van der Waals surface area contributed by atoms with E-state index in [1.165, 1.54) is 11.1 Å². The van der Waals surface area contributed by atoms with Gasteiger partial charge in [-0.05, 0) is 68.5 Å². The highest BCUT2D eigenvalue weighted by molar-refractivity contribution is 7.17. The van der Waals surface area contributed by atoms with Gasteiger partial charge in [0.15, 0.2) is 0 Å². The predicted molar refractivity (Wildman–Crippen MR) is 94.1 cm³/mol. The summed E-state index contributed by atoms with van der Waals surface area (Å²) in [6, 6.07) is 10.3. The van der Waals surface area contributed by atoms with Crippen LogP contribution in [0.4, 0.5) is 5.69 Å². The number of aryl methyl sites for hydroxylation is 2. The van der Waals surface area contributed by atoms with Crippen molar-refractivity contribution >= 4 is 33.1 Å². The summed E-state index contributed by atoms with van der Waals surface area (Å²) in [7, 11) is 0. The highest BCUT2D eigenvalue weighted by atomic mass is 32.1. The summed E-state index contributed by atoms with van der Waals surface area (Å²) in [6.45, 7) is 8.32. The maximum Gasteiger partial charge on any atom is 0.272 e. The Morgan fingerprint density at radius 2 is 1.91 bits per heavy atom. The molecular formula is C18H20N2OS. The van der Waals surface area contributed by atoms with Gasteiger partial charge < -0.3 is 9.88 Å². The van der Waals surface area contributed by atoms with Crippen LogP contribution in [0.15, 0.2) is 35.7 Å². The van der Waals surface area contributed by atoms with Crippen molar-refractivity contribution in [3.63, 3.8) is 0 Å². The van der Waals surface area contributed by atoms with Gasteiger partial charge in [-0.1, -0.05) is 6.07 Å². The van der Waals surface area contributed by atoms with Gasteiger partial charge in [0.05, 0.1) is 10.2 Å². The number of aromatic nitrogens is 1. The molecule has 0 radical (unpaired) electrons. The molecule has 3 nitrogen and oxygen atoms in total. The first-order valence-electron chi connectivity index (χ1n) is 7.44. The first kappa shape index (κ1) is 14.9. The number of thiophene rings is 1. The summed E-state index contributed by atoms with van der Waals surface area (Å²) in [6.07, 6.45) is 0. The molecule has 0 saturated carbocycles. The van der Waals surface area contributed by atoms with E-state index < -0.39 is 0 Å². The van der Waals surface area contributed by atoms with Gasteiger partial charge in [0.25, 0.3) is 5.91 Å². The number of carbonyl (C=O) groups excluding carboxylic acids is 1. The minimum Gasteiger partial charge on any atom is -0.333 e. The molecule has 0 saturated heterocycles. The van der Waals surface area contributed by atoms with E-state index in [4.69, 9.17) is 0 Å². The number of rotatable bonds is 3. The largest absolute Gasteiger partial charge is 0.333 e. The van der Waals surface area contributed by atoms with Gasteiger partial charge in [0.2, 0.25) is 0 Å². The molecule has 0 aliphatic heterocycles. The fraction of sp³-hybridized carbons (Fsp3) is 0.278. The zero-order valence-corrected chi connectivity index (χ0v) is 14.1. The van der Waals surface area contributed by atoms with Crippen LogP contribution in [0.1, 0.15) is 41.5 Å². The van der Waals surface area contributed by atoms with Crippen molar-refractivity contribution in [3.8, 4) is 0 Å². The molecule has 0 spiro atoms. The Balaban J connectivity index is 1.96. The minimum absolute atomic E-state index is 0.0552. The lowest BCUT2D eigenvalue weighted by Crippen LogP contribution is -2.18. The summed E-state index contributed by atoms with van der Waals surface area (Å²) in [4.78, 5) is 12.7. The number of fused-ring (bicyclic) bond motifs is 1. The van der Waals surface area contributed by atoms with E-state index in [0.717, 1.165) is 21.6 Å². The Morgan fingerprint density at radius 1 is 1.14 bits per heavy atom. The van der Waals surface area contributed by atoms with Crippen molar-refractivity contribution in [2.75, 3.05) is 5.32 Å². The van der Waals surface area contributed by atoms with E-state index in [9.17, 15) is 4.79 Å². The smallest absolute Gasteiger partial charge is 0.272 e. The van der Waals surface area contributed by atoms with Crippen LogP contribution in [0.5, 0.6) is 0 Å². The first-order valence-corrected chi connectivity index (χ1v) is 8.32. The fourth-order valence-corrected chi connectivity index (χ4v) is 3.50. The number of nitrogens with one attached hydrogen (secondary N) is 1. The summed E-state index contributed by atoms with van der Waals surface area (Å²) in [5, 5.41) is 5.08. The van der Waals surface area contributed by atoms with Crippen LogP contribution in [0.25, 0.3) is 10.2 Å². The van der Waals surface area contributed by atoms with Crippen molar-refractivity contribution in [2.45, 2.75) is 33.7 Å². The fourth-order valence-electron chi connectivity index (χ4n) is 2.69. The van der Waals surface area contributed by atoms with E-state index in [1.807, 2.05) is 24.3 Å². The molecule has 3 aromatic rings. The van der Waals surface area contributed by atoms with Crippen molar-refractivity contribution in [2.24, 2.45) is 0 Å². The standard InChI is InChI=1S/C18H20N2OS/c1-11(2)20-15-7-8-22-17(15)10-16(20)18(21)19-14-6-5-12(3)13(4)9-14/h5-11H,1-4H3,(H,19,21). The Hall–Kier alpha value is -2.07. The summed E-state index contributed by atoms with van der Waals surface area (Å²) in [5.41, 5.74) is 5.09. The lowest BCUT2D eigenvalue weighted by atomic mass is 10.1. The SMILES string of the molecule is Cc1ccc(NC(=O)c2cc3sccc3n2C(C)C)cc1C. The Kier molecular flexibility index (Phi) is 3.79. The van der Waals surface area contributed by atoms with E-state index >= 15 is 0 Å². The molecule has 0 atom stereocenters. The van der Waals surface area contributed by atoms with Gasteiger partial charge in [-0.25, -0.2) is 0 Å². The van der Waals surface area contributed by atoms with Crippen LogP contribution in [0.3, 0.4) is 0 Å². The molecule has 0 aliphatic carbocycles. The molecule has 1 N–H and O–H groups in total. The van der Waals surface area contributed by atoms with Crippen LogP contribution in [-0.4, -0.2) is 10.5 Å². The van der Waals surface area contributed by atoms with Gasteiger partial charge in [0, 0.05) is 11.7 Å². The van der Waals surface area contributed by atoms with Crippen LogP contribution in [0, 0.1) is 13.8 Å². The maximum atomic E-state index is 12.7. The monoisotopic (exact) mass is 312 g/mol. The number of benzene rings is 1. The van der Waals surface area contributed by atoms with Crippen LogP contribution < -0.4 is 5.32 Å². The van der Waals surface area contributed by atoms with Gasteiger partial charge >= 0.3 is 0 Å². The molecule has 2 aromatic heterocycles. The van der Waals surface area contributed by atoms with E-state index in [0.29, 0.717) is 0 Å². The lowest BCUT2D eigenvalue weighted by molar-refractivity contribution is 0.101. The maximum absolute atomic E-state index is 12.7. The Morgan fingerprint density at radius 3 is 2.59 bits per heavy atom. The second-order valence-electron chi connectivity index (χ2n) is 5.92. The second kappa shape index (κ2) is 5.61. The lowest BCUT2D eigenvalue weighted by Gasteiger charge is -2.14. The summed E-state index contributed by atoms with van der Waals surface area (Å²) in [5.74, 6) is -0.0552. The number of nitrogens with zero attached hydrogens (tertiary/aromatic N) is 1. The molecule has 1 aromatic carbocycles. The molecule has 0 aliphatic rings. The average molecular weight is 312 g/mol. The number of carbonyl (C=O) groups is 1. The molecular weight excluding hydrogens is 292 g/mol. The quantitative estimate of drug-likeness (QED) is 0.712. The van der Waals surface area contributed by atoms with Crippen molar-refractivity contribution in [1.29, 1.82) is 0 Å².